The number of hydrogen-bond donors (Lipinski definition) is 1. The Kier molecular flexibility index (Phi) is 18.5. The van der Waals surface area contributed by atoms with E-state index < -0.39 is 0 Å². The molecule has 0 radical (unpaired) electrons. The van der Waals surface area contributed by atoms with E-state index in [1.54, 1.807) is 0 Å². The minimum Gasteiger partial charge on any atom is -0.301 e. The van der Waals surface area contributed by atoms with Crippen molar-refractivity contribution in [2.24, 2.45) is 0 Å². The molecule has 0 aliphatic rings. The van der Waals surface area contributed by atoms with Gasteiger partial charge in [-0.25, -0.2) is 0 Å². The zero-order valence-electron chi connectivity index (χ0n) is 14.8. The summed E-state index contributed by atoms with van der Waals surface area (Å²) in [4.78, 5) is 0. The smallest absolute Gasteiger partial charge is 0.0822 e. The monoisotopic (exact) mass is 317 g/mol. The van der Waals surface area contributed by atoms with Crippen LogP contribution >= 0.6 is 11.6 Å². The second-order valence-electron chi connectivity index (χ2n) is 6.43. The fourth-order valence-corrected chi connectivity index (χ4v) is 2.83. The van der Waals surface area contributed by atoms with E-state index in [0.29, 0.717) is 0 Å². The first kappa shape index (κ1) is 21.2. The largest absolute Gasteiger partial charge is 0.301 e. The average molecular weight is 318 g/mol. The summed E-state index contributed by atoms with van der Waals surface area (Å²) in [5.74, 6) is 0. The first-order valence-electron chi connectivity index (χ1n) is 9.68. The van der Waals surface area contributed by atoms with E-state index in [1.807, 2.05) is 0 Å². The maximum atomic E-state index is 6.01. The summed E-state index contributed by atoms with van der Waals surface area (Å²) in [7, 11) is 0. The Labute approximate surface area is 139 Å². The fraction of sp³-hybridized carbons (Fsp3) is 1.00. The molecule has 0 saturated carbocycles. The van der Waals surface area contributed by atoms with Gasteiger partial charge < -0.3 is 5.32 Å². The van der Waals surface area contributed by atoms with Gasteiger partial charge >= 0.3 is 0 Å². The van der Waals surface area contributed by atoms with Crippen molar-refractivity contribution in [3.8, 4) is 0 Å². The van der Waals surface area contributed by atoms with Gasteiger partial charge in [-0.15, -0.1) is 11.6 Å². The highest BCUT2D eigenvalue weighted by Crippen LogP contribution is 2.12. The first-order chi connectivity index (χ1) is 10.3. The van der Waals surface area contributed by atoms with Crippen molar-refractivity contribution < 1.29 is 0 Å². The highest BCUT2D eigenvalue weighted by atomic mass is 35.5. The van der Waals surface area contributed by atoms with Crippen LogP contribution in [0.1, 0.15) is 110 Å². The Morgan fingerprint density at radius 3 is 1.38 bits per heavy atom. The van der Waals surface area contributed by atoms with Crippen LogP contribution in [-0.2, 0) is 0 Å². The van der Waals surface area contributed by atoms with Crippen LogP contribution in [0.2, 0.25) is 0 Å². The van der Waals surface area contributed by atoms with Crippen LogP contribution in [0.25, 0.3) is 0 Å². The van der Waals surface area contributed by atoms with Gasteiger partial charge in [-0.05, 0) is 19.4 Å². The molecule has 1 nitrogen and oxygen atoms in total. The van der Waals surface area contributed by atoms with Crippen LogP contribution < -0.4 is 5.32 Å². The highest BCUT2D eigenvalue weighted by Gasteiger charge is 1.98. The Hall–Kier alpha value is 0.250. The van der Waals surface area contributed by atoms with Gasteiger partial charge in [0.25, 0.3) is 0 Å². The molecule has 0 aromatic heterocycles. The summed E-state index contributed by atoms with van der Waals surface area (Å²) in [6.07, 6.45) is 20.9. The molecule has 128 valence electrons. The minimum atomic E-state index is 0.173. The number of alkyl halides is 1. The molecule has 0 rings (SSSR count). The normalized spacial score (nSPS) is 12.7. The second kappa shape index (κ2) is 18.3. The second-order valence-corrected chi connectivity index (χ2v) is 6.95. The molecular weight excluding hydrogens is 278 g/mol. The lowest BCUT2D eigenvalue weighted by Crippen LogP contribution is -2.23. The molecule has 0 bridgehead atoms. The van der Waals surface area contributed by atoms with Gasteiger partial charge in [-0.1, -0.05) is 97.3 Å². The highest BCUT2D eigenvalue weighted by molar-refractivity contribution is 6.20. The molecule has 2 heteroatoms. The third-order valence-electron chi connectivity index (χ3n) is 4.25. The van der Waals surface area contributed by atoms with Gasteiger partial charge in [0.2, 0.25) is 0 Å². The Balaban J connectivity index is 2.96. The third-order valence-corrected chi connectivity index (χ3v) is 4.72. The zero-order valence-corrected chi connectivity index (χ0v) is 15.5. The molecule has 0 heterocycles. The molecule has 1 unspecified atom stereocenters. The van der Waals surface area contributed by atoms with Crippen LogP contribution in [0.3, 0.4) is 0 Å². The maximum absolute atomic E-state index is 6.01. The lowest BCUT2D eigenvalue weighted by molar-refractivity contribution is 0.525. The van der Waals surface area contributed by atoms with E-state index >= 15 is 0 Å². The van der Waals surface area contributed by atoms with E-state index in [1.165, 1.54) is 89.9 Å². The van der Waals surface area contributed by atoms with Gasteiger partial charge in [0.05, 0.1) is 5.50 Å². The number of rotatable bonds is 17. The van der Waals surface area contributed by atoms with Crippen LogP contribution in [-0.4, -0.2) is 12.0 Å². The predicted octanol–water partition coefficient (Wildman–Crippen LogP) is 7.03. The summed E-state index contributed by atoms with van der Waals surface area (Å²) in [6.45, 7) is 5.49. The molecule has 1 atom stereocenters. The summed E-state index contributed by atoms with van der Waals surface area (Å²) < 4.78 is 0. The van der Waals surface area contributed by atoms with Crippen molar-refractivity contribution in [1.29, 1.82) is 0 Å². The Bertz CT molecular complexity index is 184. The van der Waals surface area contributed by atoms with E-state index in [-0.39, 0.29) is 5.50 Å². The van der Waals surface area contributed by atoms with E-state index in [0.717, 1.165) is 13.0 Å². The topological polar surface area (TPSA) is 12.0 Å². The minimum absolute atomic E-state index is 0.173. The standard InChI is InChI=1S/C19H40ClN/c1-3-5-6-7-8-9-10-11-12-13-14-15-16-17-18-21-19(20)4-2/h19,21H,3-18H2,1-2H3. The SMILES string of the molecule is CCCCCCCCCCCCCCCCNC(Cl)CC. The van der Waals surface area contributed by atoms with Gasteiger partial charge in [0.15, 0.2) is 0 Å². The molecule has 21 heavy (non-hydrogen) atoms. The summed E-state index contributed by atoms with van der Waals surface area (Å²) in [6, 6.07) is 0. The molecule has 1 N–H and O–H groups in total. The zero-order chi connectivity index (χ0) is 15.6. The molecule has 0 aliphatic carbocycles. The quantitative estimate of drug-likeness (QED) is 0.172. The number of halogens is 1. The molecule has 0 aliphatic heterocycles. The van der Waals surface area contributed by atoms with Gasteiger partial charge in [0.1, 0.15) is 0 Å². The molecule has 0 amide bonds. The van der Waals surface area contributed by atoms with Crippen molar-refractivity contribution in [2.75, 3.05) is 6.54 Å². The van der Waals surface area contributed by atoms with E-state index in [4.69, 9.17) is 11.6 Å². The third kappa shape index (κ3) is 18.2. The van der Waals surface area contributed by atoms with E-state index in [2.05, 4.69) is 19.2 Å². The van der Waals surface area contributed by atoms with Crippen LogP contribution in [0, 0.1) is 0 Å². The van der Waals surface area contributed by atoms with Crippen molar-refractivity contribution in [2.45, 2.75) is 116 Å². The Morgan fingerprint density at radius 2 is 1.00 bits per heavy atom. The predicted molar refractivity (Wildman–Crippen MR) is 98.2 cm³/mol. The molecule has 0 aromatic rings. The molecule has 0 saturated heterocycles. The molecule has 0 aromatic carbocycles. The van der Waals surface area contributed by atoms with Crippen molar-refractivity contribution >= 4 is 11.6 Å². The van der Waals surface area contributed by atoms with Gasteiger partial charge in [-0.3, -0.25) is 0 Å². The van der Waals surface area contributed by atoms with Crippen molar-refractivity contribution in [3.63, 3.8) is 0 Å². The summed E-state index contributed by atoms with van der Waals surface area (Å²) >= 11 is 6.01. The van der Waals surface area contributed by atoms with Crippen LogP contribution in [0.5, 0.6) is 0 Å². The lowest BCUT2D eigenvalue weighted by atomic mass is 10.0. The number of hydrogen-bond acceptors (Lipinski definition) is 1. The number of unbranched alkanes of at least 4 members (excludes halogenated alkanes) is 13. The number of nitrogens with one attached hydrogen (secondary N) is 1. The molecule has 0 fully saturated rings. The van der Waals surface area contributed by atoms with E-state index in [9.17, 15) is 0 Å². The first-order valence-corrected chi connectivity index (χ1v) is 10.1. The molecule has 0 spiro atoms. The van der Waals surface area contributed by atoms with Crippen molar-refractivity contribution in [1.82, 2.24) is 5.32 Å². The summed E-state index contributed by atoms with van der Waals surface area (Å²) in [5, 5.41) is 3.34. The van der Waals surface area contributed by atoms with Gasteiger partial charge in [-0.2, -0.15) is 0 Å². The fourth-order valence-electron chi connectivity index (χ4n) is 2.72. The molecular formula is C19H40ClN. The average Bonchev–Trinajstić information content (AvgIpc) is 2.50. The summed E-state index contributed by atoms with van der Waals surface area (Å²) in [5.41, 5.74) is 0.173. The van der Waals surface area contributed by atoms with Crippen molar-refractivity contribution in [3.05, 3.63) is 0 Å². The Morgan fingerprint density at radius 1 is 0.619 bits per heavy atom. The van der Waals surface area contributed by atoms with Crippen LogP contribution in [0.15, 0.2) is 0 Å². The maximum Gasteiger partial charge on any atom is 0.0822 e. The van der Waals surface area contributed by atoms with Gasteiger partial charge in [0, 0.05) is 0 Å². The van der Waals surface area contributed by atoms with Crippen LogP contribution in [0.4, 0.5) is 0 Å². The lowest BCUT2D eigenvalue weighted by Gasteiger charge is -2.08.